The zero-order chi connectivity index (χ0) is 18.6. The van der Waals surface area contributed by atoms with Crippen LogP contribution in [0.3, 0.4) is 0 Å². The smallest absolute Gasteiger partial charge is 0.408 e. The van der Waals surface area contributed by atoms with Gasteiger partial charge in [0.25, 0.3) is 0 Å². The molecule has 1 heterocycles. The number of hydrogen-bond donors (Lipinski definition) is 2. The Bertz CT molecular complexity index is 862. The second kappa shape index (κ2) is 7.65. The number of carbonyl (C=O) groups is 1. The highest BCUT2D eigenvalue weighted by atomic mass is 16.6. The van der Waals surface area contributed by atoms with Crippen molar-refractivity contribution in [3.8, 4) is 0 Å². The molecular weight excluding hydrogens is 324 g/mol. The quantitative estimate of drug-likeness (QED) is 0.650. The molecule has 1 unspecified atom stereocenters. The average molecular weight is 350 g/mol. The fourth-order valence-corrected chi connectivity index (χ4v) is 3.10. The molecule has 0 saturated heterocycles. The van der Waals surface area contributed by atoms with Crippen molar-refractivity contribution < 1.29 is 9.53 Å². The number of ether oxygens (including phenoxy) is 1. The molecule has 4 heteroatoms. The summed E-state index contributed by atoms with van der Waals surface area (Å²) < 4.78 is 5.44. The van der Waals surface area contributed by atoms with Crippen LogP contribution in [-0.4, -0.2) is 16.7 Å². The maximum atomic E-state index is 12.3. The molecule has 2 aromatic carbocycles. The van der Waals surface area contributed by atoms with E-state index in [1.54, 1.807) is 0 Å². The third-order valence-electron chi connectivity index (χ3n) is 4.27. The first-order valence-electron chi connectivity index (χ1n) is 9.02. The van der Waals surface area contributed by atoms with Crippen LogP contribution in [0.15, 0.2) is 60.8 Å². The summed E-state index contributed by atoms with van der Waals surface area (Å²) in [5.41, 5.74) is 2.96. The Kier molecular flexibility index (Phi) is 5.31. The largest absolute Gasteiger partial charge is 0.444 e. The molecule has 1 aromatic heterocycles. The molecular formula is C22H26N2O2. The molecule has 136 valence electrons. The number of hydrogen-bond acceptors (Lipinski definition) is 2. The van der Waals surface area contributed by atoms with Crippen LogP contribution in [0.4, 0.5) is 4.79 Å². The Morgan fingerprint density at radius 3 is 2.50 bits per heavy atom. The van der Waals surface area contributed by atoms with Crippen LogP contribution < -0.4 is 5.32 Å². The Morgan fingerprint density at radius 1 is 1.08 bits per heavy atom. The molecule has 4 nitrogen and oxygen atoms in total. The number of fused-ring (bicyclic) bond motifs is 1. The fraction of sp³-hybridized carbons (Fsp3) is 0.318. The number of aromatic amines is 1. The second-order valence-corrected chi connectivity index (χ2v) is 7.51. The molecule has 26 heavy (non-hydrogen) atoms. The van der Waals surface area contributed by atoms with E-state index >= 15 is 0 Å². The standard InChI is InChI=1S/C22H26N2O2/c1-22(2,3)26-21(25)24-19(16-9-5-4-6-10-16)14-13-17-15-23-20-12-8-7-11-18(17)20/h4-12,15,19,23H,13-14H2,1-3H3,(H,24,25). The predicted molar refractivity (Wildman–Crippen MR) is 105 cm³/mol. The van der Waals surface area contributed by atoms with Gasteiger partial charge in [-0.15, -0.1) is 0 Å². The zero-order valence-corrected chi connectivity index (χ0v) is 15.6. The lowest BCUT2D eigenvalue weighted by molar-refractivity contribution is 0.0501. The molecule has 3 rings (SSSR count). The molecule has 0 fully saturated rings. The van der Waals surface area contributed by atoms with Crippen molar-refractivity contribution in [1.29, 1.82) is 0 Å². The summed E-state index contributed by atoms with van der Waals surface area (Å²) >= 11 is 0. The van der Waals surface area contributed by atoms with E-state index in [9.17, 15) is 4.79 Å². The summed E-state index contributed by atoms with van der Waals surface area (Å²) in [6.07, 6.45) is 3.33. The lowest BCUT2D eigenvalue weighted by Gasteiger charge is -2.24. The molecule has 0 aliphatic carbocycles. The van der Waals surface area contributed by atoms with E-state index in [1.807, 2.05) is 63.2 Å². The summed E-state index contributed by atoms with van der Waals surface area (Å²) in [5, 5.41) is 4.26. The van der Waals surface area contributed by atoms with Gasteiger partial charge in [0.05, 0.1) is 6.04 Å². The number of nitrogens with one attached hydrogen (secondary N) is 2. The van der Waals surface area contributed by atoms with Gasteiger partial charge in [-0.05, 0) is 50.8 Å². The molecule has 0 radical (unpaired) electrons. The molecule has 3 aromatic rings. The van der Waals surface area contributed by atoms with E-state index in [2.05, 4.69) is 28.6 Å². The van der Waals surface area contributed by atoms with E-state index in [4.69, 9.17) is 4.74 Å². The minimum absolute atomic E-state index is 0.0975. The SMILES string of the molecule is CC(C)(C)OC(=O)NC(CCc1c[nH]c2ccccc12)c1ccccc1. The topological polar surface area (TPSA) is 54.1 Å². The van der Waals surface area contributed by atoms with E-state index in [0.29, 0.717) is 0 Å². The number of aromatic nitrogens is 1. The summed E-state index contributed by atoms with van der Waals surface area (Å²) in [4.78, 5) is 15.6. The van der Waals surface area contributed by atoms with Crippen molar-refractivity contribution in [3.05, 3.63) is 71.9 Å². The number of rotatable bonds is 5. The van der Waals surface area contributed by atoms with Gasteiger partial charge in [-0.3, -0.25) is 0 Å². The number of amides is 1. The van der Waals surface area contributed by atoms with Gasteiger partial charge in [-0.2, -0.15) is 0 Å². The van der Waals surface area contributed by atoms with Gasteiger partial charge in [0.1, 0.15) is 5.60 Å². The molecule has 2 N–H and O–H groups in total. The molecule has 0 aliphatic heterocycles. The van der Waals surface area contributed by atoms with Crippen molar-refractivity contribution in [2.75, 3.05) is 0 Å². The van der Waals surface area contributed by atoms with Crippen LogP contribution in [0, 0.1) is 0 Å². The Morgan fingerprint density at radius 2 is 1.77 bits per heavy atom. The van der Waals surface area contributed by atoms with Crippen LogP contribution >= 0.6 is 0 Å². The molecule has 0 spiro atoms. The lowest BCUT2D eigenvalue weighted by atomic mass is 9.99. The summed E-state index contributed by atoms with van der Waals surface area (Å²) in [7, 11) is 0. The maximum absolute atomic E-state index is 12.3. The van der Waals surface area contributed by atoms with Crippen molar-refractivity contribution in [3.63, 3.8) is 0 Å². The van der Waals surface area contributed by atoms with Gasteiger partial charge >= 0.3 is 6.09 Å². The maximum Gasteiger partial charge on any atom is 0.408 e. The second-order valence-electron chi connectivity index (χ2n) is 7.51. The summed E-state index contributed by atoms with van der Waals surface area (Å²) in [5.74, 6) is 0. The van der Waals surface area contributed by atoms with Crippen LogP contribution in [0.1, 0.15) is 44.4 Å². The number of benzene rings is 2. The van der Waals surface area contributed by atoms with E-state index in [-0.39, 0.29) is 12.1 Å². The number of para-hydroxylation sites is 1. The normalized spacial score (nSPS) is 12.7. The van der Waals surface area contributed by atoms with Crippen LogP contribution in [-0.2, 0) is 11.2 Å². The van der Waals surface area contributed by atoms with Crippen LogP contribution in [0.2, 0.25) is 0 Å². The molecule has 1 amide bonds. The highest BCUT2D eigenvalue weighted by molar-refractivity contribution is 5.83. The number of alkyl carbamates (subject to hydrolysis) is 1. The van der Waals surface area contributed by atoms with Crippen molar-refractivity contribution in [1.82, 2.24) is 10.3 Å². The van der Waals surface area contributed by atoms with Gasteiger partial charge in [0.2, 0.25) is 0 Å². The predicted octanol–water partition coefficient (Wildman–Crippen LogP) is 5.37. The number of H-pyrrole nitrogens is 1. The van der Waals surface area contributed by atoms with Gasteiger partial charge in [-0.1, -0.05) is 48.5 Å². The molecule has 0 aliphatic rings. The first-order valence-corrected chi connectivity index (χ1v) is 9.02. The first-order chi connectivity index (χ1) is 12.4. The molecule has 1 atom stereocenters. The van der Waals surface area contributed by atoms with Crippen LogP contribution in [0.5, 0.6) is 0 Å². The zero-order valence-electron chi connectivity index (χ0n) is 15.6. The van der Waals surface area contributed by atoms with Crippen molar-refractivity contribution in [2.45, 2.75) is 45.3 Å². The minimum Gasteiger partial charge on any atom is -0.444 e. The Labute approximate surface area is 154 Å². The summed E-state index contributed by atoms with van der Waals surface area (Å²) in [6, 6.07) is 18.2. The van der Waals surface area contributed by atoms with Gasteiger partial charge in [-0.25, -0.2) is 4.79 Å². The minimum atomic E-state index is -0.512. The fourth-order valence-electron chi connectivity index (χ4n) is 3.10. The summed E-state index contributed by atoms with van der Waals surface area (Å²) in [6.45, 7) is 5.61. The van der Waals surface area contributed by atoms with E-state index < -0.39 is 5.60 Å². The van der Waals surface area contributed by atoms with Gasteiger partial charge in [0.15, 0.2) is 0 Å². The Hall–Kier alpha value is -2.75. The van der Waals surface area contributed by atoms with Crippen LogP contribution in [0.25, 0.3) is 10.9 Å². The highest BCUT2D eigenvalue weighted by Gasteiger charge is 2.20. The highest BCUT2D eigenvalue weighted by Crippen LogP contribution is 2.24. The molecule has 0 saturated carbocycles. The van der Waals surface area contributed by atoms with Gasteiger partial charge in [0, 0.05) is 17.1 Å². The third kappa shape index (κ3) is 4.66. The van der Waals surface area contributed by atoms with E-state index in [1.165, 1.54) is 10.9 Å². The van der Waals surface area contributed by atoms with Crippen molar-refractivity contribution in [2.24, 2.45) is 0 Å². The average Bonchev–Trinajstić information content (AvgIpc) is 3.01. The van der Waals surface area contributed by atoms with Gasteiger partial charge < -0.3 is 15.0 Å². The first kappa shape index (κ1) is 18.1. The van der Waals surface area contributed by atoms with E-state index in [0.717, 1.165) is 23.9 Å². The Balaban J connectivity index is 1.74. The number of aryl methyl sites for hydroxylation is 1. The molecule has 0 bridgehead atoms. The van der Waals surface area contributed by atoms with Crippen molar-refractivity contribution >= 4 is 17.0 Å². The third-order valence-corrected chi connectivity index (χ3v) is 4.27. The lowest BCUT2D eigenvalue weighted by Crippen LogP contribution is -2.35. The number of carbonyl (C=O) groups excluding carboxylic acids is 1. The monoisotopic (exact) mass is 350 g/mol.